The predicted molar refractivity (Wildman–Crippen MR) is 61.8 cm³/mol. The van der Waals surface area contributed by atoms with Crippen LogP contribution in [-0.4, -0.2) is 44.6 Å². The van der Waals surface area contributed by atoms with Crippen LogP contribution in [0.2, 0.25) is 0 Å². The van der Waals surface area contributed by atoms with E-state index in [9.17, 15) is 8.42 Å². The SMILES string of the molecule is C=C(OS(=O)(=O)ON1CCCC1)N1CCCC1. The first kappa shape index (κ1) is 12.7. The Morgan fingerprint density at radius 1 is 1.00 bits per heavy atom. The lowest BCUT2D eigenvalue weighted by Crippen LogP contribution is -2.28. The van der Waals surface area contributed by atoms with Gasteiger partial charge in [0.2, 0.25) is 5.88 Å². The highest BCUT2D eigenvalue weighted by Gasteiger charge is 2.25. The zero-order chi connectivity index (χ0) is 12.3. The number of hydrogen-bond acceptors (Lipinski definition) is 6. The highest BCUT2D eigenvalue weighted by atomic mass is 32.3. The Balaban J connectivity index is 1.85. The zero-order valence-electron chi connectivity index (χ0n) is 9.80. The molecular formula is C10H18N2O4S. The molecule has 0 aromatic heterocycles. The third kappa shape index (κ3) is 3.58. The average molecular weight is 262 g/mol. The van der Waals surface area contributed by atoms with Gasteiger partial charge in [-0.05, 0) is 32.3 Å². The second-order valence-electron chi connectivity index (χ2n) is 4.29. The fraction of sp³-hybridized carbons (Fsp3) is 0.800. The molecule has 17 heavy (non-hydrogen) atoms. The molecule has 98 valence electrons. The molecule has 0 amide bonds. The van der Waals surface area contributed by atoms with E-state index in [1.54, 1.807) is 0 Å². The number of hydrogen-bond donors (Lipinski definition) is 0. The summed E-state index contributed by atoms with van der Waals surface area (Å²) >= 11 is 0. The quantitative estimate of drug-likeness (QED) is 0.684. The molecule has 2 saturated heterocycles. The lowest BCUT2D eigenvalue weighted by Gasteiger charge is -2.20. The molecule has 2 fully saturated rings. The summed E-state index contributed by atoms with van der Waals surface area (Å²) in [6.45, 7) is 6.45. The summed E-state index contributed by atoms with van der Waals surface area (Å²) in [6, 6.07) is 0. The van der Waals surface area contributed by atoms with Gasteiger partial charge in [-0.1, -0.05) is 0 Å². The van der Waals surface area contributed by atoms with Gasteiger partial charge >= 0.3 is 10.4 Å². The lowest BCUT2D eigenvalue weighted by atomic mass is 10.4. The monoisotopic (exact) mass is 262 g/mol. The van der Waals surface area contributed by atoms with Crippen LogP contribution in [0.1, 0.15) is 25.7 Å². The first-order valence-electron chi connectivity index (χ1n) is 5.90. The first-order valence-corrected chi connectivity index (χ1v) is 7.23. The molecule has 0 aliphatic carbocycles. The summed E-state index contributed by atoms with van der Waals surface area (Å²) in [5, 5.41) is 1.41. The molecule has 0 bridgehead atoms. The van der Waals surface area contributed by atoms with Gasteiger partial charge < -0.3 is 9.08 Å². The van der Waals surface area contributed by atoms with E-state index in [2.05, 4.69) is 6.58 Å². The van der Waals surface area contributed by atoms with Crippen LogP contribution in [0, 0.1) is 0 Å². The van der Waals surface area contributed by atoms with Crippen molar-refractivity contribution >= 4 is 10.4 Å². The van der Waals surface area contributed by atoms with Gasteiger partial charge in [-0.2, -0.15) is 13.5 Å². The topological polar surface area (TPSA) is 59.1 Å². The Morgan fingerprint density at radius 2 is 1.53 bits per heavy atom. The summed E-state index contributed by atoms with van der Waals surface area (Å²) in [5.41, 5.74) is 0. The van der Waals surface area contributed by atoms with E-state index in [1.165, 1.54) is 5.06 Å². The van der Waals surface area contributed by atoms with Crippen molar-refractivity contribution in [2.75, 3.05) is 26.2 Å². The minimum atomic E-state index is -4.02. The van der Waals surface area contributed by atoms with Crippen molar-refractivity contribution in [3.8, 4) is 0 Å². The molecule has 6 nitrogen and oxygen atoms in total. The molecule has 0 saturated carbocycles. The Bertz CT molecular complexity index is 370. The van der Waals surface area contributed by atoms with E-state index in [0.717, 1.165) is 38.8 Å². The maximum absolute atomic E-state index is 11.6. The average Bonchev–Trinajstić information content (AvgIpc) is 2.85. The van der Waals surface area contributed by atoms with Crippen LogP contribution in [0.3, 0.4) is 0 Å². The molecule has 0 aromatic carbocycles. The fourth-order valence-electron chi connectivity index (χ4n) is 2.04. The van der Waals surface area contributed by atoms with E-state index in [0.29, 0.717) is 13.1 Å². The van der Waals surface area contributed by atoms with Gasteiger partial charge in [-0.25, -0.2) is 0 Å². The Labute approximate surface area is 102 Å². The second-order valence-corrected chi connectivity index (χ2v) is 5.42. The Morgan fingerprint density at radius 3 is 2.12 bits per heavy atom. The van der Waals surface area contributed by atoms with E-state index >= 15 is 0 Å². The van der Waals surface area contributed by atoms with Crippen LogP contribution < -0.4 is 0 Å². The van der Waals surface area contributed by atoms with Crippen molar-refractivity contribution in [3.05, 3.63) is 12.5 Å². The van der Waals surface area contributed by atoms with Crippen LogP contribution in [0.4, 0.5) is 0 Å². The van der Waals surface area contributed by atoms with Crippen molar-refractivity contribution < 1.29 is 16.9 Å². The summed E-state index contributed by atoms with van der Waals surface area (Å²) in [5.74, 6) is 0.154. The van der Waals surface area contributed by atoms with Gasteiger partial charge in [-0.15, -0.1) is 4.28 Å². The molecule has 7 heteroatoms. The molecule has 0 N–H and O–H groups in total. The molecule has 0 radical (unpaired) electrons. The molecule has 0 aromatic rings. The third-order valence-electron chi connectivity index (χ3n) is 2.92. The van der Waals surface area contributed by atoms with Crippen LogP contribution >= 0.6 is 0 Å². The van der Waals surface area contributed by atoms with Gasteiger partial charge in [0.25, 0.3) is 0 Å². The van der Waals surface area contributed by atoms with Crippen LogP contribution in [0.5, 0.6) is 0 Å². The largest absolute Gasteiger partial charge is 0.467 e. The van der Waals surface area contributed by atoms with Crippen molar-refractivity contribution in [3.63, 3.8) is 0 Å². The molecule has 0 atom stereocenters. The second kappa shape index (κ2) is 5.24. The highest BCUT2D eigenvalue weighted by molar-refractivity contribution is 7.81. The molecule has 0 unspecified atom stereocenters. The normalized spacial score (nSPS) is 22.0. The molecule has 0 spiro atoms. The number of hydroxylamine groups is 2. The van der Waals surface area contributed by atoms with Crippen molar-refractivity contribution in [2.24, 2.45) is 0 Å². The van der Waals surface area contributed by atoms with Crippen LogP contribution in [0.25, 0.3) is 0 Å². The molecule has 2 rings (SSSR count). The molecule has 2 heterocycles. The predicted octanol–water partition coefficient (Wildman–Crippen LogP) is 0.842. The van der Waals surface area contributed by atoms with Crippen molar-refractivity contribution in [1.29, 1.82) is 0 Å². The first-order chi connectivity index (χ1) is 8.07. The Hall–Kier alpha value is -0.790. The van der Waals surface area contributed by atoms with Gasteiger partial charge in [0, 0.05) is 26.2 Å². The molecule has 2 aliphatic rings. The highest BCUT2D eigenvalue weighted by Crippen LogP contribution is 2.18. The van der Waals surface area contributed by atoms with Gasteiger partial charge in [0.15, 0.2) is 0 Å². The van der Waals surface area contributed by atoms with Crippen molar-refractivity contribution in [1.82, 2.24) is 9.96 Å². The summed E-state index contributed by atoms with van der Waals surface area (Å²) in [6.07, 6.45) is 3.97. The number of likely N-dealkylation sites (tertiary alicyclic amines) is 1. The maximum atomic E-state index is 11.6. The summed E-state index contributed by atoms with van der Waals surface area (Å²) in [4.78, 5) is 1.81. The minimum Gasteiger partial charge on any atom is -0.343 e. The standard InChI is InChI=1S/C10H18N2O4S/c1-10(11-6-2-3-7-11)15-17(13,14)16-12-8-4-5-9-12/h1-9H2. The number of rotatable bonds is 5. The summed E-state index contributed by atoms with van der Waals surface area (Å²) in [7, 11) is -4.02. The van der Waals surface area contributed by atoms with Gasteiger partial charge in [0.05, 0.1) is 0 Å². The smallest absolute Gasteiger partial charge is 0.343 e. The van der Waals surface area contributed by atoms with E-state index in [4.69, 9.17) is 8.47 Å². The van der Waals surface area contributed by atoms with E-state index in [1.807, 2.05) is 4.90 Å². The van der Waals surface area contributed by atoms with Crippen LogP contribution in [-0.2, 0) is 18.9 Å². The summed E-state index contributed by atoms with van der Waals surface area (Å²) < 4.78 is 32.8. The minimum absolute atomic E-state index is 0.154. The van der Waals surface area contributed by atoms with Crippen LogP contribution in [0.15, 0.2) is 12.5 Å². The third-order valence-corrected chi connectivity index (χ3v) is 3.71. The van der Waals surface area contributed by atoms with Gasteiger partial charge in [0.1, 0.15) is 0 Å². The van der Waals surface area contributed by atoms with E-state index < -0.39 is 10.4 Å². The van der Waals surface area contributed by atoms with Gasteiger partial charge in [-0.3, -0.25) is 0 Å². The fourth-order valence-corrected chi connectivity index (χ4v) is 2.82. The number of nitrogens with zero attached hydrogens (tertiary/aromatic N) is 2. The molecular weight excluding hydrogens is 244 g/mol. The zero-order valence-corrected chi connectivity index (χ0v) is 10.6. The van der Waals surface area contributed by atoms with Crippen molar-refractivity contribution in [2.45, 2.75) is 25.7 Å². The maximum Gasteiger partial charge on any atom is 0.467 e. The Kier molecular flexibility index (Phi) is 3.90. The lowest BCUT2D eigenvalue weighted by molar-refractivity contribution is -0.0419. The molecule has 2 aliphatic heterocycles. The van der Waals surface area contributed by atoms with E-state index in [-0.39, 0.29) is 5.88 Å².